The van der Waals surface area contributed by atoms with Gasteiger partial charge in [0.05, 0.1) is 51.8 Å². The van der Waals surface area contributed by atoms with Crippen LogP contribution >= 0.6 is 0 Å². The van der Waals surface area contributed by atoms with Crippen LogP contribution in [0.1, 0.15) is 20.3 Å². The Labute approximate surface area is 446 Å². The number of carbonyl (C=O) groups excluding carboxylic acids is 2. The molecule has 0 bridgehead atoms. The van der Waals surface area contributed by atoms with E-state index in [0.717, 1.165) is 13.8 Å². The lowest BCUT2D eigenvalue weighted by Gasteiger charge is -2.51. The Hall–Kier alpha value is -2.79. The zero-order valence-electron chi connectivity index (χ0n) is 41.9. The highest BCUT2D eigenvalue weighted by Crippen LogP contribution is 2.40. The zero-order valence-corrected chi connectivity index (χ0v) is 41.9. The molecule has 36 heteroatoms. The molecule has 36 nitrogen and oxygen atoms in total. The van der Waals surface area contributed by atoms with Gasteiger partial charge in [0.15, 0.2) is 31.5 Å². The van der Waals surface area contributed by atoms with Crippen LogP contribution in [0.15, 0.2) is 0 Å². The van der Waals surface area contributed by atoms with Gasteiger partial charge < -0.3 is 165 Å². The van der Waals surface area contributed by atoms with Gasteiger partial charge in [0, 0.05) is 20.3 Å². The first-order chi connectivity index (χ1) is 37.2. The lowest BCUT2D eigenvalue weighted by atomic mass is 9.88. The number of ether oxygens (including phenoxy) is 11. The fraction of sp³-hybridized carbons (Fsp3) is 0.930. The first-order valence-corrected chi connectivity index (χ1v) is 24.8. The van der Waals surface area contributed by atoms with Crippen LogP contribution in [-0.4, -0.2) is 349 Å². The standard InChI is InChI=1S/C43H72N2O34/c1-10(52)44-19-12(54)3-43(42(67)68,78-33(19)21(56)13(55)4-46)79-35-24(59)16(7-49)71-40(30(35)65)74-31-18(9-51)73-38(20(25(31)60)45-11(2)53)77-36-26(61)22(57)14(5-47)72-41(36)76-34-23(58)15(6-48)70-39(29(34)64)75-32-17(8-50)69-37(66)28(63)27(32)62/h12-41,46-51,54-66H,3-9H2,1-2H3,(H,44,52)(H,45,53)(H,67,68)/t12-,13+,14+,15+,16+,17+,18+,19+,20+,21+,22+,23+,24-,25+,26-,27+,28+,29-,30+,31+,32+,33+,34-,35-,36-,37+,38-,39-,40-,41+,43-/m0/s1. The van der Waals surface area contributed by atoms with Crippen LogP contribution in [-0.2, 0) is 66.5 Å². The van der Waals surface area contributed by atoms with Crippen molar-refractivity contribution < 1.29 is 169 Å². The third-order valence-corrected chi connectivity index (χ3v) is 14.2. The van der Waals surface area contributed by atoms with Crippen molar-refractivity contribution in [1.29, 1.82) is 0 Å². The van der Waals surface area contributed by atoms with Gasteiger partial charge in [-0.25, -0.2) is 4.79 Å². The van der Waals surface area contributed by atoms with Gasteiger partial charge in [-0.2, -0.15) is 0 Å². The van der Waals surface area contributed by atoms with Crippen LogP contribution in [0.4, 0.5) is 0 Å². The van der Waals surface area contributed by atoms with E-state index in [1.165, 1.54) is 0 Å². The molecule has 0 aliphatic carbocycles. The third kappa shape index (κ3) is 13.9. The van der Waals surface area contributed by atoms with E-state index in [9.17, 15) is 117 Å². The van der Waals surface area contributed by atoms with Crippen molar-refractivity contribution in [3.8, 4) is 0 Å². The van der Waals surface area contributed by atoms with Gasteiger partial charge in [-0.05, 0) is 0 Å². The number of carbonyl (C=O) groups is 3. The summed E-state index contributed by atoms with van der Waals surface area (Å²) in [6.07, 6.45) is -58.9. The molecule has 79 heavy (non-hydrogen) atoms. The fourth-order valence-electron chi connectivity index (χ4n) is 10.0. The van der Waals surface area contributed by atoms with Crippen molar-refractivity contribution in [2.45, 2.75) is 210 Å². The molecule has 6 saturated heterocycles. The first-order valence-electron chi connectivity index (χ1n) is 24.8. The van der Waals surface area contributed by atoms with E-state index in [-0.39, 0.29) is 0 Å². The predicted molar refractivity (Wildman–Crippen MR) is 240 cm³/mol. The van der Waals surface area contributed by atoms with Crippen LogP contribution in [0.2, 0.25) is 0 Å². The predicted octanol–water partition coefficient (Wildman–Crippen LogP) is -14.6. The summed E-state index contributed by atoms with van der Waals surface area (Å²) in [5.74, 6) is -7.08. The molecule has 2 amide bonds. The highest BCUT2D eigenvalue weighted by Gasteiger charge is 2.61. The van der Waals surface area contributed by atoms with E-state index in [2.05, 4.69) is 10.6 Å². The highest BCUT2D eigenvalue weighted by molar-refractivity contribution is 5.76. The van der Waals surface area contributed by atoms with Gasteiger partial charge in [0.2, 0.25) is 11.8 Å². The monoisotopic (exact) mass is 1160 g/mol. The second kappa shape index (κ2) is 27.7. The van der Waals surface area contributed by atoms with Crippen molar-refractivity contribution in [2.24, 2.45) is 0 Å². The Kier molecular flexibility index (Phi) is 22.9. The molecule has 0 aromatic carbocycles. The van der Waals surface area contributed by atoms with Gasteiger partial charge in [-0.1, -0.05) is 0 Å². The smallest absolute Gasteiger partial charge is 0.364 e. The topological polar surface area (TPSA) is 581 Å². The molecular formula is C43H72N2O34. The van der Waals surface area contributed by atoms with Crippen LogP contribution < -0.4 is 10.6 Å². The summed E-state index contributed by atoms with van der Waals surface area (Å²) < 4.78 is 62.5. The van der Waals surface area contributed by atoms with Crippen LogP contribution in [0, 0.1) is 0 Å². The van der Waals surface area contributed by atoms with Crippen LogP contribution in [0.25, 0.3) is 0 Å². The van der Waals surface area contributed by atoms with Gasteiger partial charge in [0.25, 0.3) is 5.79 Å². The SMILES string of the molecule is CC(=O)N[C@H]1[C@H](O[C@@H]2[C@@H](O[C@@H]3[C@H](O)[C@H](O[C@H]4[C@H](O)[C@@H](O)[C@H](O)O[C@@H]4CO)O[C@H](CO)[C@H]3O)O[C@H](CO)[C@@H](O)[C@@H]2O)O[C@H](CO)[C@@H](O[C@@H]2O[C@H](CO)[C@H](O)[C@H](O[C@]3(C(=O)O)C[C@H](O)[C@@H](NC(C)=O)[C@H]([C@H](O)[C@H](O)CO)O3)[C@H]2O)[C@@H]1O. The van der Waals surface area contributed by atoms with Crippen molar-refractivity contribution >= 4 is 17.8 Å². The van der Waals surface area contributed by atoms with Crippen molar-refractivity contribution in [2.75, 3.05) is 39.6 Å². The Morgan fingerprint density at radius 1 is 0.494 bits per heavy atom. The zero-order chi connectivity index (χ0) is 58.7. The van der Waals surface area contributed by atoms with Crippen LogP contribution in [0.5, 0.6) is 0 Å². The molecule has 6 rings (SSSR count). The lowest BCUT2D eigenvalue weighted by Crippen LogP contribution is -2.71. The molecule has 0 radical (unpaired) electrons. The molecule has 6 aliphatic heterocycles. The number of aliphatic hydroxyl groups is 19. The Bertz CT molecular complexity index is 1970. The second-order valence-electron chi connectivity index (χ2n) is 19.7. The molecular weight excluding hydrogens is 1090 g/mol. The maximum Gasteiger partial charge on any atom is 0.364 e. The maximum atomic E-state index is 13.0. The number of rotatable bonds is 21. The quantitative estimate of drug-likeness (QED) is 0.0507. The average molecular weight is 1160 g/mol. The van der Waals surface area contributed by atoms with Crippen LogP contribution in [0.3, 0.4) is 0 Å². The van der Waals surface area contributed by atoms with Crippen molar-refractivity contribution in [3.63, 3.8) is 0 Å². The minimum Gasteiger partial charge on any atom is -0.477 e. The summed E-state index contributed by atoms with van der Waals surface area (Å²) in [6.45, 7) is -4.55. The molecule has 22 N–H and O–H groups in total. The highest BCUT2D eigenvalue weighted by atomic mass is 16.8. The van der Waals surface area contributed by atoms with Gasteiger partial charge in [-0.3, -0.25) is 9.59 Å². The first kappa shape index (κ1) is 65.4. The summed E-state index contributed by atoms with van der Waals surface area (Å²) in [5, 5.41) is 219. The molecule has 0 aromatic rings. The minimum absolute atomic E-state index is 0.832. The Morgan fingerprint density at radius 2 is 0.924 bits per heavy atom. The Morgan fingerprint density at radius 3 is 1.44 bits per heavy atom. The van der Waals surface area contributed by atoms with Crippen molar-refractivity contribution in [3.05, 3.63) is 0 Å². The summed E-state index contributed by atoms with van der Waals surface area (Å²) >= 11 is 0. The summed E-state index contributed by atoms with van der Waals surface area (Å²) in [7, 11) is 0. The van der Waals surface area contributed by atoms with Crippen molar-refractivity contribution in [1.82, 2.24) is 10.6 Å². The fourth-order valence-corrected chi connectivity index (χ4v) is 10.0. The molecule has 6 heterocycles. The Balaban J connectivity index is 1.26. The number of carboxylic acid groups (broad SMARTS) is 1. The number of amides is 2. The summed E-state index contributed by atoms with van der Waals surface area (Å²) in [5.41, 5.74) is 0. The number of aliphatic carboxylic acids is 1. The normalized spacial score (nSPS) is 47.7. The maximum absolute atomic E-state index is 13.0. The number of aliphatic hydroxyl groups excluding tert-OH is 19. The number of hydrogen-bond donors (Lipinski definition) is 22. The van der Waals surface area contributed by atoms with E-state index < -0.39 is 254 Å². The third-order valence-electron chi connectivity index (χ3n) is 14.2. The van der Waals surface area contributed by atoms with Gasteiger partial charge >= 0.3 is 5.97 Å². The van der Waals surface area contributed by atoms with Gasteiger partial charge in [0.1, 0.15) is 140 Å². The van der Waals surface area contributed by atoms with Gasteiger partial charge in [-0.15, -0.1) is 0 Å². The number of nitrogens with one attached hydrogen (secondary N) is 2. The number of hydrogen-bond acceptors (Lipinski definition) is 33. The molecule has 0 saturated carbocycles. The largest absolute Gasteiger partial charge is 0.477 e. The van der Waals surface area contributed by atoms with E-state index in [0.29, 0.717) is 0 Å². The molecule has 6 aliphatic rings. The molecule has 0 unspecified atom stereocenters. The van der Waals surface area contributed by atoms with E-state index in [1.807, 2.05) is 0 Å². The molecule has 6 fully saturated rings. The van der Waals surface area contributed by atoms with E-state index in [4.69, 9.17) is 52.1 Å². The minimum atomic E-state index is -3.21. The lowest BCUT2D eigenvalue weighted by molar-refractivity contribution is -0.398. The molecule has 0 spiro atoms. The summed E-state index contributed by atoms with van der Waals surface area (Å²) in [4.78, 5) is 37.8. The average Bonchev–Trinajstić information content (AvgIpc) is 3.55. The molecule has 0 aromatic heterocycles. The number of carboxylic acids is 1. The summed E-state index contributed by atoms with van der Waals surface area (Å²) in [6, 6.07) is -3.61. The molecule has 458 valence electrons. The second-order valence-corrected chi connectivity index (χ2v) is 19.7. The van der Waals surface area contributed by atoms with E-state index >= 15 is 0 Å². The van der Waals surface area contributed by atoms with E-state index in [1.54, 1.807) is 0 Å². The molecule has 31 atom stereocenters.